The predicted molar refractivity (Wildman–Crippen MR) is 105 cm³/mol. The lowest BCUT2D eigenvalue weighted by Gasteiger charge is -2.29. The molecule has 0 spiro atoms. The smallest absolute Gasteiger partial charge is 0.200 e. The summed E-state index contributed by atoms with van der Waals surface area (Å²) in [7, 11) is 0. The number of hydrogen-bond acceptors (Lipinski definition) is 3. The Labute approximate surface area is 169 Å². The molecular weight excluding hydrogens is 381 g/mol. The van der Waals surface area contributed by atoms with Gasteiger partial charge in [0.15, 0.2) is 11.6 Å². The summed E-state index contributed by atoms with van der Waals surface area (Å²) < 4.78 is 53.3. The quantitative estimate of drug-likeness (QED) is 0.619. The number of aliphatic hydroxyl groups excluding tert-OH is 1. The Balaban J connectivity index is 1.55. The van der Waals surface area contributed by atoms with E-state index in [-0.39, 0.29) is 35.6 Å². The summed E-state index contributed by atoms with van der Waals surface area (Å²) in [5, 5.41) is 9.45. The molecule has 1 atom stereocenters. The van der Waals surface area contributed by atoms with Crippen molar-refractivity contribution in [2.24, 2.45) is 5.92 Å². The zero-order valence-electron chi connectivity index (χ0n) is 16.8. The molecule has 1 aliphatic rings. The highest BCUT2D eigenvalue weighted by Crippen LogP contribution is 2.38. The highest BCUT2D eigenvalue weighted by Gasteiger charge is 2.26. The molecule has 3 nitrogen and oxygen atoms in total. The molecule has 1 unspecified atom stereocenters. The maximum atomic E-state index is 14.4. The van der Waals surface area contributed by atoms with Gasteiger partial charge in [-0.25, -0.2) is 8.78 Å². The lowest BCUT2D eigenvalue weighted by Crippen LogP contribution is -2.20. The summed E-state index contributed by atoms with van der Waals surface area (Å²) in [4.78, 5) is 0. The molecule has 2 aromatic rings. The van der Waals surface area contributed by atoms with Gasteiger partial charge < -0.3 is 14.6 Å². The Kier molecular flexibility index (Phi) is 7.06. The van der Waals surface area contributed by atoms with Crippen molar-refractivity contribution in [1.82, 2.24) is 0 Å². The van der Waals surface area contributed by atoms with Crippen molar-refractivity contribution in [3.8, 4) is 11.5 Å². The van der Waals surface area contributed by atoms with E-state index in [2.05, 4.69) is 0 Å². The number of aliphatic hydroxyl groups is 1. The summed E-state index contributed by atoms with van der Waals surface area (Å²) >= 11 is 0. The molecule has 0 amide bonds. The van der Waals surface area contributed by atoms with Gasteiger partial charge in [0.05, 0.1) is 19.3 Å². The molecule has 1 saturated carbocycles. The van der Waals surface area contributed by atoms with Crippen molar-refractivity contribution in [3.63, 3.8) is 0 Å². The molecule has 2 aromatic carbocycles. The maximum absolute atomic E-state index is 14.4. The van der Waals surface area contributed by atoms with Gasteiger partial charge in [-0.1, -0.05) is 6.07 Å². The van der Waals surface area contributed by atoms with Gasteiger partial charge in [-0.15, -0.1) is 0 Å². The van der Waals surface area contributed by atoms with E-state index in [0.717, 1.165) is 25.7 Å². The lowest BCUT2D eigenvalue weighted by atomic mass is 9.79. The van der Waals surface area contributed by atoms with Crippen LogP contribution in [0.15, 0.2) is 30.3 Å². The molecule has 0 aromatic heterocycles. The number of halogens is 3. The first kappa shape index (κ1) is 21.5. The van der Waals surface area contributed by atoms with Crippen LogP contribution in [0.2, 0.25) is 0 Å². The monoisotopic (exact) mass is 408 g/mol. The highest BCUT2D eigenvalue weighted by molar-refractivity contribution is 5.33. The van der Waals surface area contributed by atoms with E-state index in [1.54, 1.807) is 12.1 Å². The molecular formula is C23H27F3O3. The average molecular weight is 408 g/mol. The molecule has 1 fully saturated rings. The highest BCUT2D eigenvalue weighted by atomic mass is 19.2. The topological polar surface area (TPSA) is 38.7 Å². The largest absolute Gasteiger partial charge is 0.494 e. The van der Waals surface area contributed by atoms with Crippen molar-refractivity contribution in [1.29, 1.82) is 0 Å². The second-order valence-corrected chi connectivity index (χ2v) is 7.60. The zero-order valence-corrected chi connectivity index (χ0v) is 16.8. The Hall–Kier alpha value is -2.21. The van der Waals surface area contributed by atoms with E-state index < -0.39 is 17.7 Å². The summed E-state index contributed by atoms with van der Waals surface area (Å²) in [6.45, 7) is 4.01. The fourth-order valence-electron chi connectivity index (χ4n) is 3.92. The van der Waals surface area contributed by atoms with Crippen LogP contribution < -0.4 is 9.47 Å². The summed E-state index contributed by atoms with van der Waals surface area (Å²) in [6.07, 6.45) is 2.20. The summed E-state index contributed by atoms with van der Waals surface area (Å²) in [5.74, 6) is -1.66. The van der Waals surface area contributed by atoms with Crippen molar-refractivity contribution in [2.45, 2.75) is 51.6 Å². The average Bonchev–Trinajstić information content (AvgIpc) is 2.70. The van der Waals surface area contributed by atoms with Gasteiger partial charge in [-0.05, 0) is 75.1 Å². The van der Waals surface area contributed by atoms with Crippen LogP contribution in [-0.4, -0.2) is 18.3 Å². The molecule has 1 aliphatic carbocycles. The van der Waals surface area contributed by atoms with Crippen LogP contribution >= 0.6 is 0 Å². The summed E-state index contributed by atoms with van der Waals surface area (Å²) in [5.41, 5.74) is 0.613. The first-order valence-electron chi connectivity index (χ1n) is 10.1. The van der Waals surface area contributed by atoms with Gasteiger partial charge in [-0.2, -0.15) is 4.39 Å². The van der Waals surface area contributed by atoms with Crippen molar-refractivity contribution in [3.05, 3.63) is 58.9 Å². The van der Waals surface area contributed by atoms with Gasteiger partial charge in [0, 0.05) is 11.6 Å². The Morgan fingerprint density at radius 2 is 1.72 bits per heavy atom. The molecule has 0 radical (unpaired) electrons. The SMILES string of the molecule is CCOc1ccc(C2CCC(COc3ccc(C(C)O)c(F)c3F)CC2)c(F)c1. The minimum atomic E-state index is -1.09. The number of hydrogen-bond donors (Lipinski definition) is 1. The zero-order chi connectivity index (χ0) is 21.0. The standard InChI is InChI=1S/C23H27F3O3/c1-3-28-17-8-9-19(20(24)12-17)16-6-4-15(5-7-16)13-29-21-11-10-18(14(2)27)22(25)23(21)26/h8-12,14-16,27H,3-7,13H2,1-2H3. The van der Waals surface area contributed by atoms with Crippen LogP contribution in [0.25, 0.3) is 0 Å². The third kappa shape index (κ3) is 5.04. The van der Waals surface area contributed by atoms with E-state index in [9.17, 15) is 18.3 Å². The minimum absolute atomic E-state index is 0.0901. The van der Waals surface area contributed by atoms with Gasteiger partial charge >= 0.3 is 0 Å². The van der Waals surface area contributed by atoms with E-state index >= 15 is 0 Å². The van der Waals surface area contributed by atoms with Crippen LogP contribution in [0.5, 0.6) is 11.5 Å². The first-order valence-corrected chi connectivity index (χ1v) is 10.1. The Morgan fingerprint density at radius 1 is 1.00 bits per heavy atom. The number of rotatable bonds is 7. The molecule has 1 N–H and O–H groups in total. The van der Waals surface area contributed by atoms with Gasteiger partial charge in [0.2, 0.25) is 5.82 Å². The van der Waals surface area contributed by atoms with E-state index in [4.69, 9.17) is 9.47 Å². The van der Waals surface area contributed by atoms with E-state index in [1.807, 2.05) is 6.92 Å². The fraction of sp³-hybridized carbons (Fsp3) is 0.478. The molecule has 0 aliphatic heterocycles. The first-order chi connectivity index (χ1) is 13.9. The molecule has 6 heteroatoms. The third-order valence-corrected chi connectivity index (χ3v) is 5.57. The minimum Gasteiger partial charge on any atom is -0.494 e. The molecule has 0 heterocycles. The number of ether oxygens (including phenoxy) is 2. The van der Waals surface area contributed by atoms with E-state index in [0.29, 0.717) is 17.9 Å². The second kappa shape index (κ2) is 9.53. The van der Waals surface area contributed by atoms with Crippen LogP contribution in [0.1, 0.15) is 62.7 Å². The Bertz CT molecular complexity index is 830. The second-order valence-electron chi connectivity index (χ2n) is 7.60. The normalized spacial score (nSPS) is 20.3. The van der Waals surface area contributed by atoms with Crippen molar-refractivity contribution in [2.75, 3.05) is 13.2 Å². The van der Waals surface area contributed by atoms with Crippen LogP contribution in [0.4, 0.5) is 13.2 Å². The molecule has 0 saturated heterocycles. The van der Waals surface area contributed by atoms with E-state index in [1.165, 1.54) is 25.1 Å². The molecule has 0 bridgehead atoms. The van der Waals surface area contributed by atoms with Crippen molar-refractivity contribution < 1.29 is 27.8 Å². The fourth-order valence-corrected chi connectivity index (χ4v) is 3.92. The number of benzene rings is 2. The van der Waals surface area contributed by atoms with Crippen molar-refractivity contribution >= 4 is 0 Å². The molecule has 29 heavy (non-hydrogen) atoms. The van der Waals surface area contributed by atoms with Crippen LogP contribution in [-0.2, 0) is 0 Å². The molecule has 3 rings (SSSR count). The maximum Gasteiger partial charge on any atom is 0.200 e. The van der Waals surface area contributed by atoms with Gasteiger partial charge in [0.25, 0.3) is 0 Å². The van der Waals surface area contributed by atoms with Gasteiger partial charge in [0.1, 0.15) is 11.6 Å². The third-order valence-electron chi connectivity index (χ3n) is 5.57. The lowest BCUT2D eigenvalue weighted by molar-refractivity contribution is 0.184. The van der Waals surface area contributed by atoms with Crippen LogP contribution in [0, 0.1) is 23.4 Å². The Morgan fingerprint density at radius 3 is 2.34 bits per heavy atom. The van der Waals surface area contributed by atoms with Gasteiger partial charge in [-0.3, -0.25) is 0 Å². The molecule has 158 valence electrons. The predicted octanol–water partition coefficient (Wildman–Crippen LogP) is 5.91. The van der Waals surface area contributed by atoms with Crippen LogP contribution in [0.3, 0.4) is 0 Å². The summed E-state index contributed by atoms with van der Waals surface area (Å²) in [6, 6.07) is 7.71.